The number of amides is 1. The fourth-order valence-corrected chi connectivity index (χ4v) is 4.24. The summed E-state index contributed by atoms with van der Waals surface area (Å²) in [4.78, 5) is 37.2. The lowest BCUT2D eigenvalue weighted by Crippen LogP contribution is -2.56. The molecule has 118 valence electrons. The Labute approximate surface area is 130 Å². The number of carboxylic acid groups (broad SMARTS) is 1. The SMILES string of the molecule is CC(=O)CC(S)C(=O)N1C2CCCCC2CC1(C)C(=O)O. The summed E-state index contributed by atoms with van der Waals surface area (Å²) in [6, 6.07) is -0.0195. The Morgan fingerprint density at radius 1 is 1.33 bits per heavy atom. The monoisotopic (exact) mass is 313 g/mol. The lowest BCUT2D eigenvalue weighted by atomic mass is 9.83. The van der Waals surface area contributed by atoms with E-state index in [-0.39, 0.29) is 30.1 Å². The van der Waals surface area contributed by atoms with E-state index >= 15 is 0 Å². The van der Waals surface area contributed by atoms with Gasteiger partial charge in [-0.1, -0.05) is 12.8 Å². The zero-order chi connectivity index (χ0) is 15.8. The van der Waals surface area contributed by atoms with Gasteiger partial charge in [0.15, 0.2) is 0 Å². The Morgan fingerprint density at radius 2 is 1.95 bits per heavy atom. The normalized spacial score (nSPS) is 33.4. The van der Waals surface area contributed by atoms with Crippen molar-refractivity contribution in [2.45, 2.75) is 69.2 Å². The molecule has 6 heteroatoms. The topological polar surface area (TPSA) is 74.7 Å². The number of hydrogen-bond donors (Lipinski definition) is 2. The number of hydrogen-bond acceptors (Lipinski definition) is 4. The second kappa shape index (κ2) is 5.99. The molecule has 1 N–H and O–H groups in total. The molecule has 4 unspecified atom stereocenters. The zero-order valence-electron chi connectivity index (χ0n) is 12.5. The van der Waals surface area contributed by atoms with Crippen LogP contribution in [-0.4, -0.2) is 44.5 Å². The molecule has 0 aromatic carbocycles. The number of thiol groups is 1. The Kier molecular flexibility index (Phi) is 4.66. The molecule has 1 saturated carbocycles. The van der Waals surface area contributed by atoms with Crippen LogP contribution in [0, 0.1) is 5.92 Å². The number of carbonyl (C=O) groups is 3. The number of Topliss-reactive ketones (excluding diaryl/α,β-unsaturated/α-hetero) is 1. The summed E-state index contributed by atoms with van der Waals surface area (Å²) in [5, 5.41) is 8.87. The van der Waals surface area contributed by atoms with Gasteiger partial charge in [0.25, 0.3) is 0 Å². The minimum Gasteiger partial charge on any atom is -0.480 e. The van der Waals surface area contributed by atoms with E-state index < -0.39 is 16.8 Å². The van der Waals surface area contributed by atoms with E-state index in [2.05, 4.69) is 12.6 Å². The van der Waals surface area contributed by atoms with Gasteiger partial charge >= 0.3 is 5.97 Å². The maximum absolute atomic E-state index is 12.7. The standard InChI is InChI=1S/C15H23NO4S/c1-9(17)7-12(21)13(18)16-11-6-4-3-5-10(11)8-15(16,2)14(19)20/h10-12,21H,3-8H2,1-2H3,(H,19,20). The fourth-order valence-electron chi connectivity index (χ4n) is 3.86. The first-order valence-corrected chi connectivity index (χ1v) is 8.03. The molecule has 2 fully saturated rings. The number of likely N-dealkylation sites (tertiary alicyclic amines) is 1. The molecule has 1 aliphatic heterocycles. The van der Waals surface area contributed by atoms with Gasteiger partial charge in [-0.2, -0.15) is 12.6 Å². The van der Waals surface area contributed by atoms with Crippen molar-refractivity contribution in [1.82, 2.24) is 4.90 Å². The molecule has 1 aliphatic carbocycles. The number of ketones is 1. The maximum atomic E-state index is 12.7. The third kappa shape index (κ3) is 2.96. The van der Waals surface area contributed by atoms with Crippen molar-refractivity contribution in [2.24, 2.45) is 5.92 Å². The number of carboxylic acids is 1. The Hall–Kier alpha value is -1.04. The second-order valence-electron chi connectivity index (χ2n) is 6.53. The van der Waals surface area contributed by atoms with E-state index in [1.165, 1.54) is 11.8 Å². The minimum atomic E-state index is -1.17. The van der Waals surface area contributed by atoms with Gasteiger partial charge in [-0.3, -0.25) is 9.59 Å². The Balaban J connectivity index is 2.29. The predicted molar refractivity (Wildman–Crippen MR) is 81.3 cm³/mol. The molecule has 0 bridgehead atoms. The summed E-state index contributed by atoms with van der Waals surface area (Å²) < 4.78 is 0. The molecule has 4 atom stereocenters. The van der Waals surface area contributed by atoms with Crippen LogP contribution in [0.1, 0.15) is 52.4 Å². The predicted octanol–water partition coefficient (Wildman–Crippen LogP) is 1.90. The summed E-state index contributed by atoms with van der Waals surface area (Å²) in [6.45, 7) is 3.04. The van der Waals surface area contributed by atoms with Crippen molar-refractivity contribution in [3.63, 3.8) is 0 Å². The molecule has 0 spiro atoms. The van der Waals surface area contributed by atoms with E-state index in [4.69, 9.17) is 0 Å². The first-order chi connectivity index (χ1) is 9.77. The van der Waals surface area contributed by atoms with Crippen LogP contribution >= 0.6 is 12.6 Å². The Bertz CT molecular complexity index is 467. The lowest BCUT2D eigenvalue weighted by molar-refractivity contribution is -0.157. The molecule has 1 heterocycles. The summed E-state index contributed by atoms with van der Waals surface area (Å²) >= 11 is 4.24. The van der Waals surface area contributed by atoms with Crippen molar-refractivity contribution in [3.8, 4) is 0 Å². The van der Waals surface area contributed by atoms with Crippen molar-refractivity contribution in [2.75, 3.05) is 0 Å². The van der Waals surface area contributed by atoms with Gasteiger partial charge in [-0.05, 0) is 39.0 Å². The van der Waals surface area contributed by atoms with E-state index in [0.29, 0.717) is 6.42 Å². The molecule has 5 nitrogen and oxygen atoms in total. The van der Waals surface area contributed by atoms with Gasteiger partial charge in [0.05, 0.1) is 5.25 Å². The van der Waals surface area contributed by atoms with Crippen LogP contribution in [0.15, 0.2) is 0 Å². The highest BCUT2D eigenvalue weighted by atomic mass is 32.1. The summed E-state index contributed by atoms with van der Waals surface area (Å²) in [7, 11) is 0. The third-order valence-electron chi connectivity index (χ3n) is 4.86. The summed E-state index contributed by atoms with van der Waals surface area (Å²) in [5.41, 5.74) is -1.17. The van der Waals surface area contributed by atoms with Gasteiger partial charge in [0, 0.05) is 12.5 Å². The van der Waals surface area contributed by atoms with E-state index in [9.17, 15) is 19.5 Å². The molecular formula is C15H23NO4S. The quantitative estimate of drug-likeness (QED) is 0.777. The fraction of sp³-hybridized carbons (Fsp3) is 0.800. The van der Waals surface area contributed by atoms with Crippen molar-refractivity contribution in [1.29, 1.82) is 0 Å². The lowest BCUT2D eigenvalue weighted by Gasteiger charge is -2.38. The number of fused-ring (bicyclic) bond motifs is 1. The first-order valence-electron chi connectivity index (χ1n) is 7.51. The number of carbonyl (C=O) groups excluding carboxylic acids is 2. The van der Waals surface area contributed by atoms with Crippen molar-refractivity contribution >= 4 is 30.3 Å². The average molecular weight is 313 g/mol. The maximum Gasteiger partial charge on any atom is 0.329 e. The zero-order valence-corrected chi connectivity index (χ0v) is 13.4. The first kappa shape index (κ1) is 16.3. The molecule has 21 heavy (non-hydrogen) atoms. The molecule has 0 radical (unpaired) electrons. The van der Waals surface area contributed by atoms with Gasteiger partial charge in [-0.15, -0.1) is 0 Å². The molecular weight excluding hydrogens is 290 g/mol. The van der Waals surface area contributed by atoms with Crippen LogP contribution < -0.4 is 0 Å². The van der Waals surface area contributed by atoms with E-state index in [1.54, 1.807) is 6.92 Å². The van der Waals surface area contributed by atoms with Crippen LogP contribution in [-0.2, 0) is 14.4 Å². The molecule has 0 aromatic rings. The second-order valence-corrected chi connectivity index (χ2v) is 7.15. The van der Waals surface area contributed by atoms with Crippen LogP contribution in [0.4, 0.5) is 0 Å². The van der Waals surface area contributed by atoms with E-state index in [1.807, 2.05) is 0 Å². The van der Waals surface area contributed by atoms with Gasteiger partial charge in [0.2, 0.25) is 5.91 Å². The van der Waals surface area contributed by atoms with Crippen LogP contribution in [0.25, 0.3) is 0 Å². The molecule has 2 aliphatic rings. The summed E-state index contributed by atoms with van der Waals surface area (Å²) in [6.07, 6.45) is 4.48. The number of aliphatic carboxylic acids is 1. The minimum absolute atomic E-state index is 0.0195. The van der Waals surface area contributed by atoms with Crippen LogP contribution in [0.5, 0.6) is 0 Å². The average Bonchev–Trinajstić information content (AvgIpc) is 2.70. The van der Waals surface area contributed by atoms with E-state index in [0.717, 1.165) is 25.7 Å². The highest BCUT2D eigenvalue weighted by Crippen LogP contribution is 2.45. The van der Waals surface area contributed by atoms with Gasteiger partial charge in [-0.25, -0.2) is 4.79 Å². The van der Waals surface area contributed by atoms with Crippen molar-refractivity contribution < 1.29 is 19.5 Å². The molecule has 1 amide bonds. The Morgan fingerprint density at radius 3 is 2.52 bits per heavy atom. The highest BCUT2D eigenvalue weighted by molar-refractivity contribution is 7.81. The molecule has 1 saturated heterocycles. The smallest absolute Gasteiger partial charge is 0.329 e. The van der Waals surface area contributed by atoms with Gasteiger partial charge in [0.1, 0.15) is 11.3 Å². The largest absolute Gasteiger partial charge is 0.480 e. The van der Waals surface area contributed by atoms with Gasteiger partial charge < -0.3 is 10.0 Å². The van der Waals surface area contributed by atoms with Crippen molar-refractivity contribution in [3.05, 3.63) is 0 Å². The van der Waals surface area contributed by atoms with Crippen LogP contribution in [0.2, 0.25) is 0 Å². The molecule has 0 aromatic heterocycles. The number of nitrogens with zero attached hydrogens (tertiary/aromatic N) is 1. The summed E-state index contributed by atoms with van der Waals surface area (Å²) in [5.74, 6) is -1.14. The van der Waals surface area contributed by atoms with Crippen LogP contribution in [0.3, 0.4) is 0 Å². The number of rotatable bonds is 4. The third-order valence-corrected chi connectivity index (χ3v) is 5.26. The molecule has 2 rings (SSSR count). The highest BCUT2D eigenvalue weighted by Gasteiger charge is 2.56.